The van der Waals surface area contributed by atoms with Gasteiger partial charge >= 0.3 is 0 Å². The summed E-state index contributed by atoms with van der Waals surface area (Å²) >= 11 is 0. The van der Waals surface area contributed by atoms with Crippen molar-refractivity contribution >= 4 is 17.5 Å². The quantitative estimate of drug-likeness (QED) is 0.804. The molecule has 0 atom stereocenters. The summed E-state index contributed by atoms with van der Waals surface area (Å²) in [5.74, 6) is -0.300. The second kappa shape index (κ2) is 6.00. The monoisotopic (exact) mass is 246 g/mol. The van der Waals surface area contributed by atoms with Gasteiger partial charge in [-0.2, -0.15) is 0 Å². The van der Waals surface area contributed by atoms with Crippen molar-refractivity contribution in [1.82, 2.24) is 5.32 Å². The van der Waals surface area contributed by atoms with Crippen LogP contribution in [-0.2, 0) is 4.79 Å². The van der Waals surface area contributed by atoms with Crippen LogP contribution in [0.4, 0.5) is 5.69 Å². The Bertz CT molecular complexity index is 501. The fourth-order valence-electron chi connectivity index (χ4n) is 1.52. The molecular formula is C14H18N2O2. The summed E-state index contributed by atoms with van der Waals surface area (Å²) in [6.07, 6.45) is 1.53. The van der Waals surface area contributed by atoms with Crippen LogP contribution in [0.15, 0.2) is 29.8 Å². The number of hydrogen-bond donors (Lipinski definition) is 2. The summed E-state index contributed by atoms with van der Waals surface area (Å²) in [5.41, 5.74) is 3.08. The van der Waals surface area contributed by atoms with Crippen molar-refractivity contribution in [2.45, 2.75) is 20.8 Å². The minimum atomic E-state index is -0.161. The Labute approximate surface area is 107 Å². The Kier molecular flexibility index (Phi) is 4.66. The van der Waals surface area contributed by atoms with Gasteiger partial charge in [0.25, 0.3) is 5.91 Å². The van der Waals surface area contributed by atoms with Crippen LogP contribution in [0.25, 0.3) is 0 Å². The zero-order chi connectivity index (χ0) is 13.7. The molecule has 0 heterocycles. The molecule has 0 radical (unpaired) electrons. The fourth-order valence-corrected chi connectivity index (χ4v) is 1.52. The van der Waals surface area contributed by atoms with Crippen LogP contribution >= 0.6 is 0 Å². The number of carbonyl (C=O) groups excluding carboxylic acids is 2. The average molecular weight is 246 g/mol. The number of anilines is 1. The molecule has 4 heteroatoms. The van der Waals surface area contributed by atoms with E-state index >= 15 is 0 Å². The van der Waals surface area contributed by atoms with Gasteiger partial charge in [-0.25, -0.2) is 0 Å². The summed E-state index contributed by atoms with van der Waals surface area (Å²) in [7, 11) is 1.59. The van der Waals surface area contributed by atoms with Gasteiger partial charge in [0.05, 0.1) is 0 Å². The van der Waals surface area contributed by atoms with Crippen molar-refractivity contribution in [3.63, 3.8) is 0 Å². The van der Waals surface area contributed by atoms with Crippen LogP contribution in [0, 0.1) is 6.92 Å². The molecule has 0 aromatic heterocycles. The largest absolute Gasteiger partial charge is 0.355 e. The predicted octanol–water partition coefficient (Wildman–Crippen LogP) is 2.26. The van der Waals surface area contributed by atoms with Crippen LogP contribution in [0.1, 0.15) is 29.8 Å². The lowest BCUT2D eigenvalue weighted by Crippen LogP contribution is -2.18. The van der Waals surface area contributed by atoms with Gasteiger partial charge in [0.2, 0.25) is 5.91 Å². The number of allylic oxidation sites excluding steroid dienone is 1. The fraction of sp³-hybridized carbons (Fsp3) is 0.286. The highest BCUT2D eigenvalue weighted by Gasteiger charge is 2.07. The summed E-state index contributed by atoms with van der Waals surface area (Å²) in [4.78, 5) is 23.0. The molecule has 1 aromatic rings. The van der Waals surface area contributed by atoms with Gasteiger partial charge in [0.15, 0.2) is 0 Å². The second-order valence-corrected chi connectivity index (χ2v) is 4.32. The lowest BCUT2D eigenvalue weighted by atomic mass is 10.1. The van der Waals surface area contributed by atoms with Gasteiger partial charge in [0.1, 0.15) is 0 Å². The highest BCUT2D eigenvalue weighted by molar-refractivity contribution is 6.01. The predicted molar refractivity (Wildman–Crippen MR) is 72.6 cm³/mol. The minimum absolute atomic E-state index is 0.139. The Morgan fingerprint density at radius 3 is 2.39 bits per heavy atom. The second-order valence-electron chi connectivity index (χ2n) is 4.32. The SMILES string of the molecule is CNC(=O)c1ccc(NC(=O)C=C(C)C)c(C)c1. The summed E-state index contributed by atoms with van der Waals surface area (Å²) < 4.78 is 0. The Morgan fingerprint density at radius 2 is 1.89 bits per heavy atom. The van der Waals surface area contributed by atoms with Crippen LogP contribution < -0.4 is 10.6 Å². The molecule has 0 spiro atoms. The maximum Gasteiger partial charge on any atom is 0.251 e. The molecule has 0 aliphatic rings. The lowest BCUT2D eigenvalue weighted by Gasteiger charge is -2.08. The first kappa shape index (κ1) is 14.0. The molecule has 4 nitrogen and oxygen atoms in total. The van der Waals surface area contributed by atoms with Gasteiger partial charge in [-0.3, -0.25) is 9.59 Å². The van der Waals surface area contributed by atoms with Gasteiger partial charge in [-0.1, -0.05) is 5.57 Å². The van der Waals surface area contributed by atoms with E-state index in [9.17, 15) is 9.59 Å². The van der Waals surface area contributed by atoms with Crippen LogP contribution in [0.5, 0.6) is 0 Å². The molecular weight excluding hydrogens is 228 g/mol. The van der Waals surface area contributed by atoms with E-state index in [-0.39, 0.29) is 11.8 Å². The Balaban J connectivity index is 2.90. The van der Waals surface area contributed by atoms with E-state index in [0.717, 1.165) is 11.1 Å². The van der Waals surface area contributed by atoms with E-state index in [1.165, 1.54) is 6.08 Å². The minimum Gasteiger partial charge on any atom is -0.355 e. The van der Waals surface area contributed by atoms with E-state index in [0.29, 0.717) is 11.3 Å². The van der Waals surface area contributed by atoms with Crippen molar-refractivity contribution in [1.29, 1.82) is 0 Å². The summed E-state index contributed by atoms with van der Waals surface area (Å²) in [6, 6.07) is 5.16. The standard InChI is InChI=1S/C14H18N2O2/c1-9(2)7-13(17)16-12-6-5-11(8-10(12)3)14(18)15-4/h5-8H,1-4H3,(H,15,18)(H,16,17). The molecule has 2 amide bonds. The molecule has 0 saturated heterocycles. The van der Waals surface area contributed by atoms with Crippen LogP contribution in [-0.4, -0.2) is 18.9 Å². The molecule has 0 saturated carbocycles. The highest BCUT2D eigenvalue weighted by Crippen LogP contribution is 2.16. The Morgan fingerprint density at radius 1 is 1.22 bits per heavy atom. The third-order valence-electron chi connectivity index (χ3n) is 2.39. The third kappa shape index (κ3) is 3.73. The first-order valence-electron chi connectivity index (χ1n) is 5.72. The molecule has 1 aromatic carbocycles. The van der Waals surface area contributed by atoms with Crippen LogP contribution in [0.3, 0.4) is 0 Å². The average Bonchev–Trinajstić information content (AvgIpc) is 2.29. The molecule has 0 aliphatic heterocycles. The normalized spacial score (nSPS) is 9.56. The van der Waals surface area contributed by atoms with Crippen molar-refractivity contribution < 1.29 is 9.59 Å². The van der Waals surface area contributed by atoms with E-state index < -0.39 is 0 Å². The Hall–Kier alpha value is -2.10. The van der Waals surface area contributed by atoms with E-state index in [1.54, 1.807) is 25.2 Å². The third-order valence-corrected chi connectivity index (χ3v) is 2.39. The van der Waals surface area contributed by atoms with Gasteiger partial charge in [-0.15, -0.1) is 0 Å². The van der Waals surface area contributed by atoms with Crippen molar-refractivity contribution in [2.24, 2.45) is 0 Å². The first-order valence-corrected chi connectivity index (χ1v) is 5.72. The van der Waals surface area contributed by atoms with Gasteiger partial charge < -0.3 is 10.6 Å². The highest BCUT2D eigenvalue weighted by atomic mass is 16.2. The maximum absolute atomic E-state index is 11.6. The van der Waals surface area contributed by atoms with E-state index in [1.807, 2.05) is 20.8 Å². The number of amides is 2. The molecule has 0 unspecified atom stereocenters. The number of rotatable bonds is 3. The van der Waals surface area contributed by atoms with E-state index in [2.05, 4.69) is 10.6 Å². The van der Waals surface area contributed by atoms with Gasteiger partial charge in [-0.05, 0) is 44.5 Å². The maximum atomic E-state index is 11.6. The molecule has 1 rings (SSSR count). The smallest absolute Gasteiger partial charge is 0.251 e. The number of benzene rings is 1. The van der Waals surface area contributed by atoms with E-state index in [4.69, 9.17) is 0 Å². The first-order chi connectivity index (χ1) is 8.43. The molecule has 0 aliphatic carbocycles. The molecule has 18 heavy (non-hydrogen) atoms. The summed E-state index contributed by atoms with van der Waals surface area (Å²) in [6.45, 7) is 5.58. The molecule has 96 valence electrons. The van der Waals surface area contributed by atoms with Crippen molar-refractivity contribution in [2.75, 3.05) is 12.4 Å². The lowest BCUT2D eigenvalue weighted by molar-refractivity contribution is -0.111. The summed E-state index contributed by atoms with van der Waals surface area (Å²) in [5, 5.41) is 5.34. The zero-order valence-electron chi connectivity index (χ0n) is 11.1. The topological polar surface area (TPSA) is 58.2 Å². The van der Waals surface area contributed by atoms with Crippen LogP contribution in [0.2, 0.25) is 0 Å². The number of carbonyl (C=O) groups is 2. The number of hydrogen-bond acceptors (Lipinski definition) is 2. The molecule has 2 N–H and O–H groups in total. The number of aryl methyl sites for hydroxylation is 1. The van der Waals surface area contributed by atoms with Gasteiger partial charge in [0, 0.05) is 24.4 Å². The molecule has 0 bridgehead atoms. The van der Waals surface area contributed by atoms with Crippen molar-refractivity contribution in [3.8, 4) is 0 Å². The van der Waals surface area contributed by atoms with Crippen molar-refractivity contribution in [3.05, 3.63) is 41.0 Å². The molecule has 0 fully saturated rings. The zero-order valence-corrected chi connectivity index (χ0v) is 11.1. The number of nitrogens with one attached hydrogen (secondary N) is 2.